The van der Waals surface area contributed by atoms with Gasteiger partial charge < -0.3 is 9.47 Å². The van der Waals surface area contributed by atoms with Gasteiger partial charge in [0.1, 0.15) is 18.5 Å². The molecule has 132 valence electrons. The molecule has 0 amide bonds. The Bertz CT molecular complexity index is 752. The predicted octanol–water partition coefficient (Wildman–Crippen LogP) is 4.30. The first-order chi connectivity index (χ1) is 11.9. The lowest BCUT2D eigenvalue weighted by molar-refractivity contribution is -0.138. The van der Waals surface area contributed by atoms with Crippen LogP contribution in [0.2, 0.25) is 0 Å². The van der Waals surface area contributed by atoms with Gasteiger partial charge >= 0.3 is 6.18 Å². The number of benzene rings is 2. The first kappa shape index (κ1) is 17.5. The molecule has 1 unspecified atom stereocenters. The highest BCUT2D eigenvalue weighted by Crippen LogP contribution is 2.32. The molecule has 0 bridgehead atoms. The molecular weight excluding hydrogens is 333 g/mol. The summed E-state index contributed by atoms with van der Waals surface area (Å²) in [6, 6.07) is 12.1. The number of alkyl halides is 3. The number of Topliss-reactive ketones (excluding diaryl/α,β-unsaturated/α-hetero) is 1. The summed E-state index contributed by atoms with van der Waals surface area (Å²) in [7, 11) is 0. The van der Waals surface area contributed by atoms with E-state index in [-0.39, 0.29) is 30.3 Å². The molecular formula is C19H17F3O3. The zero-order chi connectivity index (χ0) is 17.9. The molecule has 2 aromatic rings. The molecule has 6 heteroatoms. The lowest BCUT2D eigenvalue weighted by atomic mass is 9.98. The lowest BCUT2D eigenvalue weighted by Crippen LogP contribution is -2.12. The van der Waals surface area contributed by atoms with E-state index in [0.29, 0.717) is 24.5 Å². The maximum atomic E-state index is 13.0. The number of hydrogen-bond donors (Lipinski definition) is 0. The fourth-order valence-electron chi connectivity index (χ4n) is 2.57. The summed E-state index contributed by atoms with van der Waals surface area (Å²) in [5, 5.41) is 0. The maximum absolute atomic E-state index is 13.0. The number of ether oxygens (including phenoxy) is 2. The van der Waals surface area contributed by atoms with Crippen LogP contribution in [-0.2, 0) is 17.3 Å². The van der Waals surface area contributed by atoms with Crippen LogP contribution < -0.4 is 4.74 Å². The molecule has 1 heterocycles. The number of halogens is 3. The predicted molar refractivity (Wildman–Crippen MR) is 85.8 cm³/mol. The highest BCUT2D eigenvalue weighted by molar-refractivity contribution is 5.98. The average Bonchev–Trinajstić information content (AvgIpc) is 3.42. The number of ketones is 1. The minimum Gasteiger partial charge on any atom is -0.490 e. The van der Waals surface area contributed by atoms with Crippen LogP contribution in [0, 0.1) is 0 Å². The molecule has 1 aliphatic heterocycles. The Hall–Kier alpha value is -2.34. The monoisotopic (exact) mass is 350 g/mol. The second-order valence-electron chi connectivity index (χ2n) is 5.84. The van der Waals surface area contributed by atoms with E-state index in [1.807, 2.05) is 0 Å². The fraction of sp³-hybridized carbons (Fsp3) is 0.316. The SMILES string of the molecule is O=C(CCc1ccccc1C(F)(F)F)c1ccccc1OCC1CO1. The number of carbonyl (C=O) groups is 1. The minimum absolute atomic E-state index is 0.0204. The molecule has 0 saturated carbocycles. The first-order valence-corrected chi connectivity index (χ1v) is 7.97. The number of aryl methyl sites for hydroxylation is 1. The van der Waals surface area contributed by atoms with Crippen molar-refractivity contribution < 1.29 is 27.4 Å². The molecule has 1 saturated heterocycles. The molecule has 3 rings (SSSR count). The van der Waals surface area contributed by atoms with Crippen molar-refractivity contribution in [2.75, 3.05) is 13.2 Å². The summed E-state index contributed by atoms with van der Waals surface area (Å²) in [6.07, 6.45) is -4.37. The van der Waals surface area contributed by atoms with Crippen LogP contribution in [0.5, 0.6) is 5.75 Å². The Morgan fingerprint density at radius 1 is 1.12 bits per heavy atom. The molecule has 0 aromatic heterocycles. The highest BCUT2D eigenvalue weighted by atomic mass is 19.4. The van der Waals surface area contributed by atoms with Crippen LogP contribution in [-0.4, -0.2) is 25.1 Å². The van der Waals surface area contributed by atoms with E-state index in [1.165, 1.54) is 12.1 Å². The van der Waals surface area contributed by atoms with E-state index in [2.05, 4.69) is 0 Å². The van der Waals surface area contributed by atoms with Crippen LogP contribution in [0.1, 0.15) is 27.9 Å². The highest BCUT2D eigenvalue weighted by Gasteiger charge is 2.32. The van der Waals surface area contributed by atoms with Gasteiger partial charge in [-0.15, -0.1) is 0 Å². The van der Waals surface area contributed by atoms with Gasteiger partial charge in [0.05, 0.1) is 17.7 Å². The maximum Gasteiger partial charge on any atom is 0.416 e. The van der Waals surface area contributed by atoms with Gasteiger partial charge in [0, 0.05) is 6.42 Å². The zero-order valence-electron chi connectivity index (χ0n) is 13.4. The van der Waals surface area contributed by atoms with Crippen molar-refractivity contribution in [2.45, 2.75) is 25.1 Å². The molecule has 0 spiro atoms. The van der Waals surface area contributed by atoms with E-state index in [4.69, 9.17) is 9.47 Å². The quantitative estimate of drug-likeness (QED) is 0.552. The molecule has 1 atom stereocenters. The molecule has 0 aliphatic carbocycles. The van der Waals surface area contributed by atoms with E-state index in [9.17, 15) is 18.0 Å². The van der Waals surface area contributed by atoms with Crippen LogP contribution >= 0.6 is 0 Å². The summed E-state index contributed by atoms with van der Waals surface area (Å²) in [6.45, 7) is 1.01. The third-order valence-corrected chi connectivity index (χ3v) is 3.96. The van der Waals surface area contributed by atoms with Crippen molar-refractivity contribution in [1.82, 2.24) is 0 Å². The van der Waals surface area contributed by atoms with Crippen LogP contribution in [0.15, 0.2) is 48.5 Å². The summed E-state index contributed by atoms with van der Waals surface area (Å²) >= 11 is 0. The Morgan fingerprint density at radius 2 is 1.80 bits per heavy atom. The van der Waals surface area contributed by atoms with Gasteiger partial charge in [-0.25, -0.2) is 0 Å². The van der Waals surface area contributed by atoms with Crippen molar-refractivity contribution in [1.29, 1.82) is 0 Å². The molecule has 0 N–H and O–H groups in total. The van der Waals surface area contributed by atoms with E-state index < -0.39 is 11.7 Å². The fourth-order valence-corrected chi connectivity index (χ4v) is 2.57. The van der Waals surface area contributed by atoms with E-state index >= 15 is 0 Å². The number of rotatable bonds is 7. The third-order valence-electron chi connectivity index (χ3n) is 3.96. The van der Waals surface area contributed by atoms with E-state index in [1.54, 1.807) is 30.3 Å². The van der Waals surface area contributed by atoms with Gasteiger partial charge in [-0.1, -0.05) is 30.3 Å². The molecule has 0 radical (unpaired) electrons. The van der Waals surface area contributed by atoms with Crippen molar-refractivity contribution in [3.05, 3.63) is 65.2 Å². The van der Waals surface area contributed by atoms with Gasteiger partial charge in [0.2, 0.25) is 0 Å². The first-order valence-electron chi connectivity index (χ1n) is 7.97. The molecule has 2 aromatic carbocycles. The summed E-state index contributed by atoms with van der Waals surface area (Å²) < 4.78 is 49.7. The number of hydrogen-bond acceptors (Lipinski definition) is 3. The second-order valence-corrected chi connectivity index (χ2v) is 5.84. The summed E-state index contributed by atoms with van der Waals surface area (Å²) in [5.74, 6) is 0.191. The normalized spacial score (nSPS) is 16.5. The molecule has 1 aliphatic rings. The minimum atomic E-state index is -4.43. The lowest BCUT2D eigenvalue weighted by Gasteiger charge is -2.13. The molecule has 3 nitrogen and oxygen atoms in total. The number of para-hydroxylation sites is 1. The van der Waals surface area contributed by atoms with Crippen molar-refractivity contribution in [3.8, 4) is 5.75 Å². The van der Waals surface area contributed by atoms with Gasteiger partial charge in [-0.05, 0) is 30.2 Å². The smallest absolute Gasteiger partial charge is 0.416 e. The Kier molecular flexibility index (Phi) is 5.08. The van der Waals surface area contributed by atoms with Crippen molar-refractivity contribution >= 4 is 5.78 Å². The molecule has 25 heavy (non-hydrogen) atoms. The number of carbonyl (C=O) groups excluding carboxylic acids is 1. The average molecular weight is 350 g/mol. The topological polar surface area (TPSA) is 38.8 Å². The van der Waals surface area contributed by atoms with Gasteiger partial charge in [-0.2, -0.15) is 13.2 Å². The van der Waals surface area contributed by atoms with Gasteiger partial charge in [0.15, 0.2) is 5.78 Å². The van der Waals surface area contributed by atoms with Crippen LogP contribution in [0.25, 0.3) is 0 Å². The summed E-state index contributed by atoms with van der Waals surface area (Å²) in [4.78, 5) is 12.5. The van der Waals surface area contributed by atoms with Gasteiger partial charge in [0.25, 0.3) is 0 Å². The standard InChI is InChI=1S/C19H17F3O3/c20-19(21,22)16-7-3-1-5-13(16)9-10-17(23)15-6-2-4-8-18(15)25-12-14-11-24-14/h1-8,14H,9-12H2. The zero-order valence-corrected chi connectivity index (χ0v) is 13.4. The van der Waals surface area contributed by atoms with E-state index in [0.717, 1.165) is 6.07 Å². The number of epoxide rings is 1. The Balaban J connectivity index is 1.69. The van der Waals surface area contributed by atoms with Crippen LogP contribution in [0.4, 0.5) is 13.2 Å². The second kappa shape index (κ2) is 7.27. The molecule has 1 fully saturated rings. The van der Waals surface area contributed by atoms with Gasteiger partial charge in [-0.3, -0.25) is 4.79 Å². The Morgan fingerprint density at radius 3 is 2.52 bits per heavy atom. The Labute approximate surface area is 143 Å². The third kappa shape index (κ3) is 4.60. The van der Waals surface area contributed by atoms with Crippen molar-refractivity contribution in [3.63, 3.8) is 0 Å². The largest absolute Gasteiger partial charge is 0.490 e. The summed E-state index contributed by atoms with van der Waals surface area (Å²) in [5.41, 5.74) is -0.195. The van der Waals surface area contributed by atoms with Crippen LogP contribution in [0.3, 0.4) is 0 Å². The van der Waals surface area contributed by atoms with Crippen molar-refractivity contribution in [2.24, 2.45) is 0 Å².